The Balaban J connectivity index is 1.10. The SMILES string of the molecule is C1=CCC2C(=C1)C1CC(C3=CCC4NC5C=CCCC5C4C3)=Cc3c1n2c1cc2c(ccc4sc5c(c42)CCC=C5)cc31. The van der Waals surface area contributed by atoms with E-state index in [4.69, 9.17) is 0 Å². The minimum atomic E-state index is 0.462. The zero-order chi connectivity index (χ0) is 27.8. The number of nitrogens with one attached hydrogen (secondary N) is 1. The van der Waals surface area contributed by atoms with Crippen LogP contribution in [0.2, 0.25) is 0 Å². The first-order chi connectivity index (χ1) is 21.3. The lowest BCUT2D eigenvalue weighted by molar-refractivity contribution is 0.318. The van der Waals surface area contributed by atoms with Gasteiger partial charge < -0.3 is 9.88 Å². The van der Waals surface area contributed by atoms with Gasteiger partial charge in [0.05, 0.1) is 11.6 Å². The van der Waals surface area contributed by atoms with Crippen molar-refractivity contribution in [2.75, 3.05) is 0 Å². The van der Waals surface area contributed by atoms with Gasteiger partial charge in [0.1, 0.15) is 0 Å². The highest BCUT2D eigenvalue weighted by atomic mass is 32.1. The lowest BCUT2D eigenvalue weighted by atomic mass is 9.71. The largest absolute Gasteiger partial charge is 0.336 e. The van der Waals surface area contributed by atoms with E-state index in [1.165, 1.54) is 74.3 Å². The van der Waals surface area contributed by atoms with Gasteiger partial charge in [0.15, 0.2) is 0 Å². The van der Waals surface area contributed by atoms with E-state index in [1.807, 2.05) is 11.3 Å². The molecular weight excluding hydrogens is 541 g/mol. The van der Waals surface area contributed by atoms with Crippen LogP contribution in [0.15, 0.2) is 83.5 Å². The number of aryl methyl sites for hydroxylation is 1. The predicted octanol–water partition coefficient (Wildman–Crippen LogP) is 9.92. The van der Waals surface area contributed by atoms with Gasteiger partial charge in [-0.1, -0.05) is 48.6 Å². The molecule has 0 bridgehead atoms. The predicted molar refractivity (Wildman–Crippen MR) is 182 cm³/mol. The van der Waals surface area contributed by atoms with E-state index < -0.39 is 0 Å². The summed E-state index contributed by atoms with van der Waals surface area (Å²) in [6.07, 6.45) is 31.7. The summed E-state index contributed by atoms with van der Waals surface area (Å²) in [6.45, 7) is 0. The maximum atomic E-state index is 3.99. The van der Waals surface area contributed by atoms with Gasteiger partial charge in [0.25, 0.3) is 0 Å². The summed E-state index contributed by atoms with van der Waals surface area (Å²) in [5.41, 5.74) is 11.1. The molecule has 7 aliphatic rings. The first-order valence-corrected chi connectivity index (χ1v) is 17.5. The summed E-state index contributed by atoms with van der Waals surface area (Å²) in [4.78, 5) is 1.47. The van der Waals surface area contributed by atoms with Crippen LogP contribution in [0.3, 0.4) is 0 Å². The Labute approximate surface area is 256 Å². The molecule has 6 unspecified atom stereocenters. The molecule has 4 heterocycles. The lowest BCUT2D eigenvalue weighted by Gasteiger charge is -2.32. The number of aromatic nitrogens is 1. The average molecular weight is 577 g/mol. The Bertz CT molecular complexity index is 2100. The van der Waals surface area contributed by atoms with Gasteiger partial charge in [0.2, 0.25) is 0 Å². The van der Waals surface area contributed by atoms with Crippen molar-refractivity contribution >= 4 is 55.3 Å². The van der Waals surface area contributed by atoms with E-state index >= 15 is 0 Å². The van der Waals surface area contributed by atoms with Crippen LogP contribution in [0.5, 0.6) is 0 Å². The molecular formula is C40H36N2S. The van der Waals surface area contributed by atoms with E-state index in [-0.39, 0.29) is 0 Å². The van der Waals surface area contributed by atoms with E-state index in [9.17, 15) is 0 Å². The molecule has 1 fully saturated rings. The van der Waals surface area contributed by atoms with Crippen molar-refractivity contribution in [3.8, 4) is 0 Å². The second-order valence-electron chi connectivity index (χ2n) is 14.2. The third-order valence-corrected chi connectivity index (χ3v) is 13.4. The quantitative estimate of drug-likeness (QED) is 0.223. The monoisotopic (exact) mass is 576 g/mol. The smallest absolute Gasteiger partial charge is 0.0593 e. The standard InChI is InChI=1S/C40H36N2S/c1-4-10-33-25(7-1)29-17-22(13-15-34(29)41-33)24-19-31-26-8-2-5-11-35(26)42-36-21-28-23(18-30(36)32(20-24)40(31)42)14-16-38-39(28)27-9-3-6-12-37(27)43-38/h2,4-6,8,10,12-14,16,18,20-21,25,29,31,33-35,41H,1,3,7,9,11,15,17,19H2. The minimum Gasteiger partial charge on any atom is -0.336 e. The molecule has 2 aliphatic heterocycles. The summed E-state index contributed by atoms with van der Waals surface area (Å²) >= 11 is 1.98. The normalized spacial score (nSPS) is 31.5. The molecule has 212 valence electrons. The molecule has 4 aromatic rings. The first kappa shape index (κ1) is 24.0. The summed E-state index contributed by atoms with van der Waals surface area (Å²) in [7, 11) is 0. The maximum Gasteiger partial charge on any atom is 0.0593 e. The van der Waals surface area contributed by atoms with Crippen LogP contribution < -0.4 is 5.32 Å². The Morgan fingerprint density at radius 2 is 1.93 bits per heavy atom. The molecule has 0 saturated carbocycles. The zero-order valence-electron chi connectivity index (χ0n) is 24.5. The van der Waals surface area contributed by atoms with Crippen molar-refractivity contribution in [2.24, 2.45) is 11.8 Å². The fourth-order valence-corrected chi connectivity index (χ4v) is 11.6. The molecule has 2 aromatic carbocycles. The Morgan fingerprint density at radius 1 is 0.930 bits per heavy atom. The number of hydrogen-bond donors (Lipinski definition) is 1. The number of thiophene rings is 1. The highest BCUT2D eigenvalue weighted by molar-refractivity contribution is 7.20. The van der Waals surface area contributed by atoms with Crippen LogP contribution in [-0.4, -0.2) is 16.7 Å². The van der Waals surface area contributed by atoms with E-state index in [0.717, 1.165) is 31.1 Å². The Hall–Kier alpha value is -3.40. The maximum absolute atomic E-state index is 3.99. The second-order valence-corrected chi connectivity index (χ2v) is 15.2. The molecule has 1 saturated heterocycles. The molecule has 11 rings (SSSR count). The molecule has 2 aromatic heterocycles. The topological polar surface area (TPSA) is 17.0 Å². The molecule has 43 heavy (non-hydrogen) atoms. The van der Waals surface area contributed by atoms with E-state index in [0.29, 0.717) is 24.0 Å². The molecule has 0 amide bonds. The highest BCUT2D eigenvalue weighted by Crippen LogP contribution is 2.57. The summed E-state index contributed by atoms with van der Waals surface area (Å²) in [6, 6.07) is 11.6. The van der Waals surface area contributed by atoms with E-state index in [1.54, 1.807) is 28.0 Å². The van der Waals surface area contributed by atoms with Gasteiger partial charge in [-0.05, 0) is 127 Å². The third kappa shape index (κ3) is 3.18. The van der Waals surface area contributed by atoms with Crippen molar-refractivity contribution in [3.05, 3.63) is 105 Å². The van der Waals surface area contributed by atoms with Crippen molar-refractivity contribution in [1.82, 2.24) is 9.88 Å². The van der Waals surface area contributed by atoms with Gasteiger partial charge in [-0.15, -0.1) is 11.3 Å². The molecule has 0 radical (unpaired) electrons. The minimum absolute atomic E-state index is 0.462. The summed E-state index contributed by atoms with van der Waals surface area (Å²) < 4.78 is 4.22. The van der Waals surface area contributed by atoms with E-state index in [2.05, 4.69) is 88.8 Å². The Kier molecular flexibility index (Phi) is 4.80. The van der Waals surface area contributed by atoms with Crippen LogP contribution in [0.1, 0.15) is 78.6 Å². The number of nitrogens with zero attached hydrogens (tertiary/aromatic N) is 1. The zero-order valence-corrected chi connectivity index (χ0v) is 25.3. The lowest BCUT2D eigenvalue weighted by Crippen LogP contribution is -2.32. The number of benzene rings is 2. The van der Waals surface area contributed by atoms with Crippen molar-refractivity contribution in [1.29, 1.82) is 0 Å². The van der Waals surface area contributed by atoms with Crippen LogP contribution in [0.4, 0.5) is 0 Å². The molecule has 6 atom stereocenters. The molecule has 0 spiro atoms. The molecule has 2 nitrogen and oxygen atoms in total. The summed E-state index contributed by atoms with van der Waals surface area (Å²) in [5, 5.41) is 9.84. The fraction of sp³-hybridized carbons (Fsp3) is 0.350. The number of hydrogen-bond acceptors (Lipinski definition) is 2. The van der Waals surface area contributed by atoms with Gasteiger partial charge in [-0.2, -0.15) is 0 Å². The van der Waals surface area contributed by atoms with Gasteiger partial charge >= 0.3 is 0 Å². The Morgan fingerprint density at radius 3 is 2.93 bits per heavy atom. The fourth-order valence-electron chi connectivity index (χ4n) is 10.4. The van der Waals surface area contributed by atoms with Crippen LogP contribution in [-0.2, 0) is 6.42 Å². The number of fused-ring (bicyclic) bond motifs is 14. The van der Waals surface area contributed by atoms with Gasteiger partial charge in [-0.3, -0.25) is 0 Å². The van der Waals surface area contributed by atoms with Gasteiger partial charge in [-0.25, -0.2) is 0 Å². The molecule has 5 aliphatic carbocycles. The van der Waals surface area contributed by atoms with Crippen LogP contribution in [0.25, 0.3) is 43.9 Å². The van der Waals surface area contributed by atoms with Crippen LogP contribution in [0, 0.1) is 11.8 Å². The third-order valence-electron chi connectivity index (χ3n) is 12.2. The van der Waals surface area contributed by atoms with Crippen molar-refractivity contribution in [2.45, 2.75) is 75.4 Å². The van der Waals surface area contributed by atoms with Crippen molar-refractivity contribution < 1.29 is 0 Å². The second kappa shape index (κ2) is 8.61. The highest BCUT2D eigenvalue weighted by Gasteiger charge is 2.46. The number of rotatable bonds is 1. The molecule has 1 N–H and O–H groups in total. The molecule has 3 heteroatoms. The first-order valence-electron chi connectivity index (χ1n) is 16.7. The summed E-state index contributed by atoms with van der Waals surface area (Å²) in [5.74, 6) is 2.10. The van der Waals surface area contributed by atoms with Crippen LogP contribution >= 0.6 is 11.3 Å². The number of allylic oxidation sites excluding steroid dienone is 8. The van der Waals surface area contributed by atoms with Gasteiger partial charge in [0, 0.05) is 49.6 Å². The van der Waals surface area contributed by atoms with Crippen molar-refractivity contribution in [3.63, 3.8) is 0 Å². The average Bonchev–Trinajstić information content (AvgIpc) is 3.79.